The molecule has 0 aromatic carbocycles. The van der Waals surface area contributed by atoms with Crippen LogP contribution in [0.25, 0.3) is 0 Å². The maximum absolute atomic E-state index is 11.7. The Morgan fingerprint density at radius 2 is 1.95 bits per heavy atom. The third kappa shape index (κ3) is 9.25. The van der Waals surface area contributed by atoms with E-state index in [1.807, 2.05) is 0 Å². The van der Waals surface area contributed by atoms with Crippen LogP contribution in [0.4, 0.5) is 0 Å². The summed E-state index contributed by atoms with van der Waals surface area (Å²) >= 11 is 0. The van der Waals surface area contributed by atoms with Crippen molar-refractivity contribution in [3.8, 4) is 0 Å². The van der Waals surface area contributed by atoms with Crippen LogP contribution in [0.3, 0.4) is 0 Å². The zero-order chi connectivity index (χ0) is 13.4. The first kappa shape index (κ1) is 18.7. The first-order chi connectivity index (χ1) is 8.58. The maximum Gasteiger partial charge on any atom is 0.222 e. The molecule has 5 heteroatoms. The molecule has 1 atom stereocenters. The Bertz CT molecular complexity index is 244. The second-order valence-corrected chi connectivity index (χ2v) is 5.65. The highest BCUT2D eigenvalue weighted by molar-refractivity contribution is 5.85. The van der Waals surface area contributed by atoms with Crippen LogP contribution in [0.1, 0.15) is 46.5 Å². The van der Waals surface area contributed by atoms with E-state index >= 15 is 0 Å². The van der Waals surface area contributed by atoms with E-state index in [-0.39, 0.29) is 24.4 Å². The molecule has 19 heavy (non-hydrogen) atoms. The van der Waals surface area contributed by atoms with Crippen LogP contribution < -0.4 is 10.6 Å². The fourth-order valence-electron chi connectivity index (χ4n) is 2.35. The molecule has 4 nitrogen and oxygen atoms in total. The zero-order valence-corrected chi connectivity index (χ0v) is 13.2. The average molecular weight is 293 g/mol. The van der Waals surface area contributed by atoms with Crippen molar-refractivity contribution < 1.29 is 9.53 Å². The fraction of sp³-hybridized carbons (Fsp3) is 0.929. The van der Waals surface area contributed by atoms with Gasteiger partial charge in [-0.05, 0) is 45.2 Å². The van der Waals surface area contributed by atoms with Crippen molar-refractivity contribution in [3.63, 3.8) is 0 Å². The van der Waals surface area contributed by atoms with E-state index in [0.29, 0.717) is 25.0 Å². The highest BCUT2D eigenvalue weighted by Crippen LogP contribution is 2.08. The standard InChI is InChI=1S/C14H28N2O2.ClH/c1-11(2)10-12(3)18-9-6-14(17)16-13-4-7-15-8-5-13;/h11-13,15H,4-10H2,1-3H3,(H,16,17);1H. The molecule has 1 heterocycles. The molecule has 2 N–H and O–H groups in total. The second-order valence-electron chi connectivity index (χ2n) is 5.65. The van der Waals surface area contributed by atoms with Gasteiger partial charge in [-0.2, -0.15) is 0 Å². The van der Waals surface area contributed by atoms with E-state index in [1.54, 1.807) is 0 Å². The van der Waals surface area contributed by atoms with Crippen LogP contribution in [0.15, 0.2) is 0 Å². The van der Waals surface area contributed by atoms with Gasteiger partial charge in [0.25, 0.3) is 0 Å². The summed E-state index contributed by atoms with van der Waals surface area (Å²) in [5.74, 6) is 0.766. The van der Waals surface area contributed by atoms with E-state index in [0.717, 1.165) is 32.4 Å². The summed E-state index contributed by atoms with van der Waals surface area (Å²) in [5, 5.41) is 6.36. The summed E-state index contributed by atoms with van der Waals surface area (Å²) in [4.78, 5) is 11.7. The van der Waals surface area contributed by atoms with E-state index in [4.69, 9.17) is 4.74 Å². The van der Waals surface area contributed by atoms with Crippen LogP contribution in [0, 0.1) is 5.92 Å². The first-order valence-corrected chi connectivity index (χ1v) is 7.19. The zero-order valence-electron chi connectivity index (χ0n) is 12.4. The van der Waals surface area contributed by atoms with Gasteiger partial charge >= 0.3 is 0 Å². The summed E-state index contributed by atoms with van der Waals surface area (Å²) < 4.78 is 5.64. The lowest BCUT2D eigenvalue weighted by molar-refractivity contribution is -0.123. The highest BCUT2D eigenvalue weighted by Gasteiger charge is 2.15. The number of hydrogen-bond acceptors (Lipinski definition) is 3. The Kier molecular flexibility index (Phi) is 10.3. The number of hydrogen-bond donors (Lipinski definition) is 2. The highest BCUT2D eigenvalue weighted by atomic mass is 35.5. The van der Waals surface area contributed by atoms with Crippen molar-refractivity contribution in [2.24, 2.45) is 5.92 Å². The van der Waals surface area contributed by atoms with Gasteiger partial charge in [0, 0.05) is 12.5 Å². The lowest BCUT2D eigenvalue weighted by Gasteiger charge is -2.23. The van der Waals surface area contributed by atoms with Crippen molar-refractivity contribution in [2.75, 3.05) is 19.7 Å². The van der Waals surface area contributed by atoms with Crippen molar-refractivity contribution >= 4 is 18.3 Å². The number of piperidine rings is 1. The number of carbonyl (C=O) groups is 1. The van der Waals surface area contributed by atoms with Crippen LogP contribution in [-0.2, 0) is 9.53 Å². The summed E-state index contributed by atoms with van der Waals surface area (Å²) in [7, 11) is 0. The van der Waals surface area contributed by atoms with Crippen molar-refractivity contribution in [1.29, 1.82) is 0 Å². The lowest BCUT2D eigenvalue weighted by Crippen LogP contribution is -2.43. The Morgan fingerprint density at radius 1 is 1.32 bits per heavy atom. The fourth-order valence-corrected chi connectivity index (χ4v) is 2.35. The monoisotopic (exact) mass is 292 g/mol. The largest absolute Gasteiger partial charge is 0.378 e. The number of carbonyl (C=O) groups excluding carboxylic acids is 1. The molecule has 0 radical (unpaired) electrons. The van der Waals surface area contributed by atoms with Gasteiger partial charge in [0.05, 0.1) is 12.7 Å². The predicted molar refractivity (Wildman–Crippen MR) is 80.8 cm³/mol. The number of nitrogens with one attached hydrogen (secondary N) is 2. The smallest absolute Gasteiger partial charge is 0.222 e. The molecule has 1 aliphatic rings. The average Bonchev–Trinajstić information content (AvgIpc) is 2.29. The summed E-state index contributed by atoms with van der Waals surface area (Å²) in [6.07, 6.45) is 3.85. The van der Waals surface area contributed by atoms with Gasteiger partial charge in [0.15, 0.2) is 0 Å². The quantitative estimate of drug-likeness (QED) is 0.756. The summed E-state index contributed by atoms with van der Waals surface area (Å²) in [5.41, 5.74) is 0. The van der Waals surface area contributed by atoms with Crippen molar-refractivity contribution in [1.82, 2.24) is 10.6 Å². The summed E-state index contributed by atoms with van der Waals surface area (Å²) in [6, 6.07) is 0.354. The van der Waals surface area contributed by atoms with Crippen LogP contribution in [-0.4, -0.2) is 37.7 Å². The first-order valence-electron chi connectivity index (χ1n) is 7.19. The number of amides is 1. The molecule has 1 saturated heterocycles. The molecule has 1 fully saturated rings. The van der Waals surface area contributed by atoms with Gasteiger partial charge in [-0.15, -0.1) is 12.4 Å². The van der Waals surface area contributed by atoms with E-state index in [1.165, 1.54) is 0 Å². The van der Waals surface area contributed by atoms with Crippen molar-refractivity contribution in [3.05, 3.63) is 0 Å². The Balaban J connectivity index is 0.00000324. The Morgan fingerprint density at radius 3 is 2.53 bits per heavy atom. The maximum atomic E-state index is 11.7. The molecule has 0 bridgehead atoms. The molecule has 0 aromatic heterocycles. The van der Waals surface area contributed by atoms with Crippen LogP contribution in [0.2, 0.25) is 0 Å². The van der Waals surface area contributed by atoms with Gasteiger partial charge in [0.2, 0.25) is 5.91 Å². The third-order valence-electron chi connectivity index (χ3n) is 3.24. The number of halogens is 1. The minimum absolute atomic E-state index is 0. The molecular weight excluding hydrogens is 264 g/mol. The van der Waals surface area contributed by atoms with Crippen LogP contribution in [0.5, 0.6) is 0 Å². The molecule has 0 spiro atoms. The molecule has 0 saturated carbocycles. The molecular formula is C14H29ClN2O2. The molecule has 1 unspecified atom stereocenters. The van der Waals surface area contributed by atoms with Gasteiger partial charge in [-0.1, -0.05) is 13.8 Å². The third-order valence-corrected chi connectivity index (χ3v) is 3.24. The van der Waals surface area contributed by atoms with Gasteiger partial charge in [-0.3, -0.25) is 4.79 Å². The molecule has 0 aliphatic carbocycles. The molecule has 114 valence electrons. The normalized spacial score (nSPS) is 17.9. The molecule has 1 amide bonds. The van der Waals surface area contributed by atoms with Gasteiger partial charge < -0.3 is 15.4 Å². The molecule has 1 rings (SSSR count). The second kappa shape index (κ2) is 10.5. The number of ether oxygens (including phenoxy) is 1. The molecule has 0 aromatic rings. The predicted octanol–water partition coefficient (Wildman–Crippen LogP) is 2.12. The van der Waals surface area contributed by atoms with Crippen molar-refractivity contribution in [2.45, 2.75) is 58.6 Å². The Hall–Kier alpha value is -0.320. The lowest BCUT2D eigenvalue weighted by atomic mass is 10.1. The van der Waals surface area contributed by atoms with E-state index < -0.39 is 0 Å². The SMILES string of the molecule is CC(C)CC(C)OCCC(=O)NC1CCNCC1.Cl. The van der Waals surface area contributed by atoms with Crippen LogP contribution >= 0.6 is 12.4 Å². The van der Waals surface area contributed by atoms with E-state index in [9.17, 15) is 4.79 Å². The minimum Gasteiger partial charge on any atom is -0.378 e. The van der Waals surface area contributed by atoms with E-state index in [2.05, 4.69) is 31.4 Å². The van der Waals surface area contributed by atoms with Gasteiger partial charge in [0.1, 0.15) is 0 Å². The minimum atomic E-state index is 0. The summed E-state index contributed by atoms with van der Waals surface area (Å²) in [6.45, 7) is 8.99. The number of rotatable bonds is 7. The Labute approximate surface area is 123 Å². The molecule has 1 aliphatic heterocycles. The topological polar surface area (TPSA) is 50.4 Å². The van der Waals surface area contributed by atoms with Gasteiger partial charge in [-0.25, -0.2) is 0 Å².